The van der Waals surface area contributed by atoms with Crippen molar-refractivity contribution in [3.8, 4) is 0 Å². The largest absolute Gasteiger partial charge is 0.354 e. The summed E-state index contributed by atoms with van der Waals surface area (Å²) in [4.78, 5) is 12.0. The Morgan fingerprint density at radius 2 is 1.59 bits per heavy atom. The molecule has 0 rings (SSSR count). The number of amides is 1. The maximum atomic E-state index is 12.0. The Labute approximate surface area is 107 Å². The van der Waals surface area contributed by atoms with Crippen LogP contribution in [-0.4, -0.2) is 18.0 Å². The Hall–Kier alpha value is -0.570. The molecule has 3 N–H and O–H groups in total. The lowest BCUT2D eigenvalue weighted by molar-refractivity contribution is -0.125. The van der Waals surface area contributed by atoms with Gasteiger partial charge in [-0.15, -0.1) is 0 Å². The van der Waals surface area contributed by atoms with Gasteiger partial charge in [0.1, 0.15) is 0 Å². The zero-order valence-electron chi connectivity index (χ0n) is 12.0. The smallest absolute Gasteiger partial charge is 0.223 e. The predicted octanol–water partition coefficient (Wildman–Crippen LogP) is 2.84. The Bertz CT molecular complexity index is 206. The van der Waals surface area contributed by atoms with Gasteiger partial charge in [-0.3, -0.25) is 4.79 Å². The van der Waals surface area contributed by atoms with Crippen LogP contribution in [0.25, 0.3) is 0 Å². The third-order valence-electron chi connectivity index (χ3n) is 3.67. The van der Waals surface area contributed by atoms with E-state index in [1.165, 1.54) is 0 Å². The first-order chi connectivity index (χ1) is 8.02. The Balaban J connectivity index is 4.21. The number of carbonyl (C=O) groups excluding carboxylic acids is 1. The van der Waals surface area contributed by atoms with Gasteiger partial charge in [0.15, 0.2) is 0 Å². The highest BCUT2D eigenvalue weighted by Crippen LogP contribution is 2.15. The van der Waals surface area contributed by atoms with Crippen molar-refractivity contribution in [2.24, 2.45) is 11.7 Å². The first-order valence-electron chi connectivity index (χ1n) is 7.09. The van der Waals surface area contributed by atoms with Crippen LogP contribution in [0.2, 0.25) is 0 Å². The van der Waals surface area contributed by atoms with Gasteiger partial charge in [0, 0.05) is 18.0 Å². The van der Waals surface area contributed by atoms with Gasteiger partial charge in [0.25, 0.3) is 0 Å². The van der Waals surface area contributed by atoms with Crippen molar-refractivity contribution in [3.05, 3.63) is 0 Å². The lowest BCUT2D eigenvalue weighted by Gasteiger charge is -2.28. The summed E-state index contributed by atoms with van der Waals surface area (Å²) < 4.78 is 0. The van der Waals surface area contributed by atoms with Crippen LogP contribution in [0.5, 0.6) is 0 Å². The van der Waals surface area contributed by atoms with Crippen LogP contribution in [-0.2, 0) is 4.79 Å². The third-order valence-corrected chi connectivity index (χ3v) is 3.67. The van der Waals surface area contributed by atoms with Crippen LogP contribution in [0.4, 0.5) is 0 Å². The molecule has 0 saturated heterocycles. The van der Waals surface area contributed by atoms with E-state index in [2.05, 4.69) is 33.0 Å². The summed E-state index contributed by atoms with van der Waals surface area (Å²) in [5, 5.41) is 3.03. The van der Waals surface area contributed by atoms with E-state index >= 15 is 0 Å². The maximum absolute atomic E-state index is 12.0. The summed E-state index contributed by atoms with van der Waals surface area (Å²) in [7, 11) is 0. The van der Waals surface area contributed by atoms with Crippen molar-refractivity contribution in [1.29, 1.82) is 0 Å². The standard InChI is InChI=1S/C14H30N2O/c1-5-9-12(10-6-2)13(17)16-11-14(15,7-3)8-4/h12H,5-11,15H2,1-4H3,(H,16,17). The van der Waals surface area contributed by atoms with Crippen LogP contribution >= 0.6 is 0 Å². The number of hydrogen-bond donors (Lipinski definition) is 2. The molecule has 1 amide bonds. The first kappa shape index (κ1) is 16.4. The molecule has 0 unspecified atom stereocenters. The lowest BCUT2D eigenvalue weighted by atomic mass is 9.93. The van der Waals surface area contributed by atoms with Gasteiger partial charge in [0.2, 0.25) is 5.91 Å². The quantitative estimate of drug-likeness (QED) is 0.653. The molecule has 0 aliphatic carbocycles. The molecule has 0 spiro atoms. The molecule has 0 aromatic carbocycles. The highest BCUT2D eigenvalue weighted by atomic mass is 16.1. The summed E-state index contributed by atoms with van der Waals surface area (Å²) in [6.45, 7) is 9.00. The number of nitrogens with two attached hydrogens (primary N) is 1. The van der Waals surface area contributed by atoms with E-state index < -0.39 is 0 Å². The number of rotatable bonds is 9. The highest BCUT2D eigenvalue weighted by molar-refractivity contribution is 5.78. The number of hydrogen-bond acceptors (Lipinski definition) is 2. The van der Waals surface area contributed by atoms with E-state index in [9.17, 15) is 4.79 Å². The minimum Gasteiger partial charge on any atom is -0.354 e. The number of carbonyl (C=O) groups is 1. The van der Waals surface area contributed by atoms with E-state index in [0.717, 1.165) is 38.5 Å². The lowest BCUT2D eigenvalue weighted by Crippen LogP contribution is -2.50. The zero-order valence-corrected chi connectivity index (χ0v) is 12.0. The fraction of sp³-hybridized carbons (Fsp3) is 0.929. The summed E-state index contributed by atoms with van der Waals surface area (Å²) in [6, 6.07) is 0. The second-order valence-electron chi connectivity index (χ2n) is 5.06. The summed E-state index contributed by atoms with van der Waals surface area (Å²) in [5.74, 6) is 0.355. The molecule has 0 saturated carbocycles. The highest BCUT2D eigenvalue weighted by Gasteiger charge is 2.23. The molecule has 0 aliphatic heterocycles. The van der Waals surface area contributed by atoms with E-state index in [1.54, 1.807) is 0 Å². The fourth-order valence-electron chi connectivity index (χ4n) is 2.01. The molecule has 3 heteroatoms. The molecule has 0 aromatic heterocycles. The van der Waals surface area contributed by atoms with Gasteiger partial charge in [-0.25, -0.2) is 0 Å². The predicted molar refractivity (Wildman–Crippen MR) is 73.8 cm³/mol. The van der Waals surface area contributed by atoms with Gasteiger partial charge < -0.3 is 11.1 Å². The minimum atomic E-state index is -0.237. The Kier molecular flexibility index (Phi) is 8.23. The van der Waals surface area contributed by atoms with Crippen molar-refractivity contribution in [2.45, 2.75) is 71.8 Å². The zero-order chi connectivity index (χ0) is 13.3. The molecule has 17 heavy (non-hydrogen) atoms. The molecular formula is C14H30N2O. The molecule has 0 fully saturated rings. The molecule has 0 bridgehead atoms. The second-order valence-corrected chi connectivity index (χ2v) is 5.06. The van der Waals surface area contributed by atoms with Crippen molar-refractivity contribution >= 4 is 5.91 Å². The number of nitrogens with one attached hydrogen (secondary N) is 1. The van der Waals surface area contributed by atoms with Crippen molar-refractivity contribution in [3.63, 3.8) is 0 Å². The SMILES string of the molecule is CCCC(CCC)C(=O)NCC(N)(CC)CC. The van der Waals surface area contributed by atoms with E-state index in [0.29, 0.717) is 6.54 Å². The van der Waals surface area contributed by atoms with Gasteiger partial charge in [-0.05, 0) is 25.7 Å². The van der Waals surface area contributed by atoms with Crippen LogP contribution in [0.1, 0.15) is 66.2 Å². The molecule has 102 valence electrons. The first-order valence-corrected chi connectivity index (χ1v) is 7.09. The minimum absolute atomic E-state index is 0.169. The van der Waals surface area contributed by atoms with Crippen molar-refractivity contribution < 1.29 is 4.79 Å². The molecular weight excluding hydrogens is 212 g/mol. The fourth-order valence-corrected chi connectivity index (χ4v) is 2.01. The van der Waals surface area contributed by atoms with Crippen LogP contribution in [0.15, 0.2) is 0 Å². The van der Waals surface area contributed by atoms with Gasteiger partial charge in [-0.2, -0.15) is 0 Å². The van der Waals surface area contributed by atoms with Gasteiger partial charge >= 0.3 is 0 Å². The van der Waals surface area contributed by atoms with E-state index in [1.807, 2.05) is 0 Å². The van der Waals surface area contributed by atoms with Crippen molar-refractivity contribution in [2.75, 3.05) is 6.54 Å². The average molecular weight is 242 g/mol. The maximum Gasteiger partial charge on any atom is 0.223 e. The third kappa shape index (κ3) is 6.06. The van der Waals surface area contributed by atoms with Crippen molar-refractivity contribution in [1.82, 2.24) is 5.32 Å². The molecule has 0 atom stereocenters. The van der Waals surface area contributed by atoms with Crippen LogP contribution in [0.3, 0.4) is 0 Å². The molecule has 0 aliphatic rings. The van der Waals surface area contributed by atoms with Gasteiger partial charge in [0.05, 0.1) is 0 Å². The monoisotopic (exact) mass is 242 g/mol. The molecule has 0 heterocycles. The molecule has 0 radical (unpaired) electrons. The second kappa shape index (κ2) is 8.51. The van der Waals surface area contributed by atoms with Crippen LogP contribution in [0, 0.1) is 5.92 Å². The Morgan fingerprint density at radius 1 is 1.12 bits per heavy atom. The normalized spacial score (nSPS) is 11.9. The van der Waals surface area contributed by atoms with Gasteiger partial charge in [-0.1, -0.05) is 40.5 Å². The summed E-state index contributed by atoms with van der Waals surface area (Å²) in [6.07, 6.45) is 5.89. The van der Waals surface area contributed by atoms with E-state index in [4.69, 9.17) is 5.73 Å². The van der Waals surface area contributed by atoms with Crippen LogP contribution < -0.4 is 11.1 Å². The summed E-state index contributed by atoms with van der Waals surface area (Å²) in [5.41, 5.74) is 5.94. The summed E-state index contributed by atoms with van der Waals surface area (Å²) >= 11 is 0. The molecule has 3 nitrogen and oxygen atoms in total. The van der Waals surface area contributed by atoms with E-state index in [-0.39, 0.29) is 17.4 Å². The molecule has 0 aromatic rings. The Morgan fingerprint density at radius 3 is 1.94 bits per heavy atom. The average Bonchev–Trinajstić information content (AvgIpc) is 2.35. The topological polar surface area (TPSA) is 55.1 Å².